The first-order valence-electron chi connectivity index (χ1n) is 6.00. The molecule has 20 heavy (non-hydrogen) atoms. The van der Waals surface area contributed by atoms with Crippen molar-refractivity contribution in [1.82, 2.24) is 0 Å². The number of alkyl halides is 3. The van der Waals surface area contributed by atoms with Crippen LogP contribution in [0.25, 0.3) is 0 Å². The Morgan fingerprint density at radius 3 is 2.60 bits per heavy atom. The summed E-state index contributed by atoms with van der Waals surface area (Å²) in [4.78, 5) is 11.6. The number of amides is 1. The maximum atomic E-state index is 11.8. The molecule has 0 fully saturated rings. The van der Waals surface area contributed by atoms with E-state index in [0.29, 0.717) is 11.4 Å². The first-order chi connectivity index (χ1) is 9.20. The molecule has 1 aromatic rings. The highest BCUT2D eigenvalue weighted by Crippen LogP contribution is 2.25. The Morgan fingerprint density at radius 2 is 2.00 bits per heavy atom. The van der Waals surface area contributed by atoms with Crippen LogP contribution in [-0.2, 0) is 9.53 Å². The Morgan fingerprint density at radius 1 is 1.35 bits per heavy atom. The second kappa shape index (κ2) is 6.60. The van der Waals surface area contributed by atoms with Crippen molar-refractivity contribution in [2.45, 2.75) is 26.4 Å². The van der Waals surface area contributed by atoms with Gasteiger partial charge in [-0.25, -0.2) is 0 Å². The Bertz CT molecular complexity index is 487. The van der Waals surface area contributed by atoms with E-state index in [9.17, 15) is 18.0 Å². The van der Waals surface area contributed by atoms with Gasteiger partial charge in [-0.1, -0.05) is 6.07 Å². The SMILES string of the molecule is Cc1ccc(N)c(C)c1NC(=O)CCOCC(F)(F)F. The Labute approximate surface area is 115 Å². The summed E-state index contributed by atoms with van der Waals surface area (Å²) < 4.78 is 39.9. The van der Waals surface area contributed by atoms with Gasteiger partial charge in [0.1, 0.15) is 6.61 Å². The van der Waals surface area contributed by atoms with Crippen molar-refractivity contribution in [3.05, 3.63) is 23.3 Å². The fourth-order valence-corrected chi connectivity index (χ4v) is 1.61. The van der Waals surface area contributed by atoms with Gasteiger partial charge in [-0.3, -0.25) is 4.79 Å². The highest BCUT2D eigenvalue weighted by atomic mass is 19.4. The van der Waals surface area contributed by atoms with E-state index in [2.05, 4.69) is 10.1 Å². The number of rotatable bonds is 5. The lowest BCUT2D eigenvalue weighted by Gasteiger charge is -2.13. The van der Waals surface area contributed by atoms with E-state index in [1.807, 2.05) is 6.92 Å². The normalized spacial score (nSPS) is 11.4. The quantitative estimate of drug-likeness (QED) is 0.647. The predicted molar refractivity (Wildman–Crippen MR) is 70.4 cm³/mol. The van der Waals surface area contributed by atoms with E-state index in [0.717, 1.165) is 11.1 Å². The van der Waals surface area contributed by atoms with Crippen molar-refractivity contribution in [2.75, 3.05) is 24.3 Å². The van der Waals surface area contributed by atoms with E-state index in [-0.39, 0.29) is 13.0 Å². The summed E-state index contributed by atoms with van der Waals surface area (Å²) in [6.45, 7) is 1.93. The van der Waals surface area contributed by atoms with Crippen LogP contribution in [-0.4, -0.2) is 25.3 Å². The number of nitrogens with two attached hydrogens (primary N) is 1. The molecule has 0 aliphatic heterocycles. The van der Waals surface area contributed by atoms with Crippen molar-refractivity contribution in [3.63, 3.8) is 0 Å². The number of aryl methyl sites for hydroxylation is 1. The highest BCUT2D eigenvalue weighted by Gasteiger charge is 2.27. The summed E-state index contributed by atoms with van der Waals surface area (Å²) in [7, 11) is 0. The van der Waals surface area contributed by atoms with Crippen LogP contribution >= 0.6 is 0 Å². The van der Waals surface area contributed by atoms with E-state index >= 15 is 0 Å². The van der Waals surface area contributed by atoms with Gasteiger partial charge in [-0.05, 0) is 31.0 Å². The van der Waals surface area contributed by atoms with Gasteiger partial charge in [0.2, 0.25) is 5.91 Å². The van der Waals surface area contributed by atoms with Crippen molar-refractivity contribution in [1.29, 1.82) is 0 Å². The van der Waals surface area contributed by atoms with Crippen molar-refractivity contribution in [3.8, 4) is 0 Å². The molecule has 1 aromatic carbocycles. The number of nitrogen functional groups attached to an aromatic ring is 1. The van der Waals surface area contributed by atoms with Gasteiger partial charge in [-0.2, -0.15) is 13.2 Å². The zero-order valence-electron chi connectivity index (χ0n) is 11.3. The Kier molecular flexibility index (Phi) is 5.38. The number of anilines is 2. The maximum Gasteiger partial charge on any atom is 0.411 e. The van der Waals surface area contributed by atoms with Gasteiger partial charge in [0.25, 0.3) is 0 Å². The predicted octanol–water partition coefficient (Wildman–Crippen LogP) is 2.79. The van der Waals surface area contributed by atoms with Crippen LogP contribution in [0.4, 0.5) is 24.5 Å². The van der Waals surface area contributed by atoms with Crippen LogP contribution in [0.3, 0.4) is 0 Å². The van der Waals surface area contributed by atoms with Crippen LogP contribution < -0.4 is 11.1 Å². The molecule has 0 unspecified atom stereocenters. The standard InChI is InChI=1S/C13H17F3N2O2/c1-8-3-4-10(17)9(2)12(8)18-11(19)5-6-20-7-13(14,15)16/h3-4H,5-7,17H2,1-2H3,(H,18,19). The summed E-state index contributed by atoms with van der Waals surface area (Å²) in [5.74, 6) is -0.413. The maximum absolute atomic E-state index is 11.8. The number of halogens is 3. The molecular weight excluding hydrogens is 273 g/mol. The molecule has 0 aliphatic carbocycles. The number of benzene rings is 1. The molecule has 0 heterocycles. The van der Waals surface area contributed by atoms with Crippen LogP contribution in [0.2, 0.25) is 0 Å². The molecule has 7 heteroatoms. The van der Waals surface area contributed by atoms with Gasteiger partial charge < -0.3 is 15.8 Å². The summed E-state index contributed by atoms with van der Waals surface area (Å²) in [6.07, 6.45) is -4.53. The van der Waals surface area contributed by atoms with E-state index in [1.165, 1.54) is 0 Å². The molecule has 0 aliphatic rings. The third-order valence-electron chi connectivity index (χ3n) is 2.72. The molecule has 0 spiro atoms. The van der Waals surface area contributed by atoms with E-state index in [1.54, 1.807) is 19.1 Å². The zero-order chi connectivity index (χ0) is 15.3. The minimum absolute atomic E-state index is 0.149. The third kappa shape index (κ3) is 5.08. The van der Waals surface area contributed by atoms with Crippen LogP contribution in [0.1, 0.15) is 17.5 Å². The molecule has 0 aromatic heterocycles. The molecule has 0 radical (unpaired) electrons. The lowest BCUT2D eigenvalue weighted by atomic mass is 10.1. The molecule has 0 bridgehead atoms. The lowest BCUT2D eigenvalue weighted by Crippen LogP contribution is -2.20. The molecule has 1 rings (SSSR count). The third-order valence-corrected chi connectivity index (χ3v) is 2.72. The average Bonchev–Trinajstić information content (AvgIpc) is 2.34. The second-order valence-corrected chi connectivity index (χ2v) is 4.44. The van der Waals surface area contributed by atoms with Gasteiger partial charge in [0.05, 0.1) is 13.0 Å². The minimum atomic E-state index is -4.38. The van der Waals surface area contributed by atoms with Crippen LogP contribution in [0.5, 0.6) is 0 Å². The van der Waals surface area contributed by atoms with E-state index < -0.39 is 18.7 Å². The van der Waals surface area contributed by atoms with Gasteiger partial charge in [0, 0.05) is 11.4 Å². The highest BCUT2D eigenvalue weighted by molar-refractivity contribution is 5.93. The largest absolute Gasteiger partial charge is 0.411 e. The van der Waals surface area contributed by atoms with Crippen molar-refractivity contribution >= 4 is 17.3 Å². The Balaban J connectivity index is 2.49. The molecule has 0 saturated carbocycles. The number of carbonyl (C=O) groups excluding carboxylic acids is 1. The number of nitrogens with one attached hydrogen (secondary N) is 1. The lowest BCUT2D eigenvalue weighted by molar-refractivity contribution is -0.174. The fourth-order valence-electron chi connectivity index (χ4n) is 1.61. The smallest absolute Gasteiger partial charge is 0.398 e. The molecule has 112 valence electrons. The first-order valence-corrected chi connectivity index (χ1v) is 6.00. The summed E-state index contributed by atoms with van der Waals surface area (Å²) in [6, 6.07) is 3.49. The molecule has 0 atom stereocenters. The molecule has 1 amide bonds. The summed E-state index contributed by atoms with van der Waals surface area (Å²) in [5, 5.41) is 2.64. The first kappa shape index (κ1) is 16.3. The fraction of sp³-hybridized carbons (Fsp3) is 0.462. The number of hydrogen-bond acceptors (Lipinski definition) is 3. The number of ether oxygens (including phenoxy) is 1. The summed E-state index contributed by atoms with van der Waals surface area (Å²) >= 11 is 0. The minimum Gasteiger partial charge on any atom is -0.398 e. The van der Waals surface area contributed by atoms with Gasteiger partial charge in [0.15, 0.2) is 0 Å². The Hall–Kier alpha value is -1.76. The van der Waals surface area contributed by atoms with Crippen molar-refractivity contribution in [2.24, 2.45) is 0 Å². The zero-order valence-corrected chi connectivity index (χ0v) is 11.3. The van der Waals surface area contributed by atoms with Crippen molar-refractivity contribution < 1.29 is 22.7 Å². The topological polar surface area (TPSA) is 64.3 Å². The van der Waals surface area contributed by atoms with Crippen LogP contribution in [0.15, 0.2) is 12.1 Å². The molecular formula is C13H17F3N2O2. The molecule has 0 saturated heterocycles. The monoisotopic (exact) mass is 290 g/mol. The summed E-state index contributed by atoms with van der Waals surface area (Å²) in [5.41, 5.74) is 8.43. The number of hydrogen-bond donors (Lipinski definition) is 2. The average molecular weight is 290 g/mol. The number of carbonyl (C=O) groups is 1. The second-order valence-electron chi connectivity index (χ2n) is 4.44. The van der Waals surface area contributed by atoms with E-state index in [4.69, 9.17) is 5.73 Å². The van der Waals surface area contributed by atoms with Crippen LogP contribution in [0, 0.1) is 13.8 Å². The van der Waals surface area contributed by atoms with Gasteiger partial charge >= 0.3 is 6.18 Å². The molecule has 4 nitrogen and oxygen atoms in total. The molecule has 3 N–H and O–H groups in total. The van der Waals surface area contributed by atoms with Gasteiger partial charge in [-0.15, -0.1) is 0 Å².